The Kier molecular flexibility index (Phi) is 6.51. The third-order valence-electron chi connectivity index (χ3n) is 6.24. The molecule has 0 saturated heterocycles. The summed E-state index contributed by atoms with van der Waals surface area (Å²) >= 11 is 6.46. The molecule has 0 saturated carbocycles. The summed E-state index contributed by atoms with van der Waals surface area (Å²) in [6.07, 6.45) is 0.820. The minimum atomic E-state index is -0.695. The van der Waals surface area contributed by atoms with E-state index < -0.39 is 6.10 Å². The molecule has 1 aliphatic heterocycles. The largest absolute Gasteiger partial charge is 0.497 e. The van der Waals surface area contributed by atoms with Crippen molar-refractivity contribution >= 4 is 11.6 Å². The zero-order chi connectivity index (χ0) is 22.0. The summed E-state index contributed by atoms with van der Waals surface area (Å²) in [5, 5.41) is 12.4. The molecule has 3 aromatic carbocycles. The van der Waals surface area contributed by atoms with Crippen LogP contribution in [-0.2, 0) is 12.8 Å². The molecule has 5 heteroatoms. The molecule has 1 heterocycles. The highest BCUT2D eigenvalue weighted by Gasteiger charge is 2.30. The summed E-state index contributed by atoms with van der Waals surface area (Å²) in [6, 6.07) is 19.8. The third-order valence-corrected chi connectivity index (χ3v) is 6.61. The van der Waals surface area contributed by atoms with Crippen LogP contribution >= 0.6 is 11.6 Å². The molecule has 162 valence electrons. The fourth-order valence-electron chi connectivity index (χ4n) is 4.37. The second-order valence-electron chi connectivity index (χ2n) is 8.01. The van der Waals surface area contributed by atoms with Crippen molar-refractivity contribution in [3.8, 4) is 22.6 Å². The molecule has 0 amide bonds. The zero-order valence-corrected chi connectivity index (χ0v) is 18.9. The third kappa shape index (κ3) is 4.42. The maximum Gasteiger partial charge on any atom is 0.119 e. The fourth-order valence-corrected chi connectivity index (χ4v) is 4.59. The van der Waals surface area contributed by atoms with Gasteiger partial charge in [-0.15, -0.1) is 0 Å². The number of methoxy groups -OCH3 is 2. The zero-order valence-electron chi connectivity index (χ0n) is 18.1. The lowest BCUT2D eigenvalue weighted by molar-refractivity contribution is 0.0638. The number of aliphatic hydroxyl groups is 1. The Balaban J connectivity index is 1.85. The van der Waals surface area contributed by atoms with Crippen molar-refractivity contribution < 1.29 is 14.6 Å². The second-order valence-corrected chi connectivity index (χ2v) is 8.42. The Morgan fingerprint density at radius 2 is 1.65 bits per heavy atom. The smallest absolute Gasteiger partial charge is 0.119 e. The van der Waals surface area contributed by atoms with Gasteiger partial charge < -0.3 is 14.6 Å². The van der Waals surface area contributed by atoms with Gasteiger partial charge in [-0.1, -0.05) is 41.9 Å². The highest BCUT2D eigenvalue weighted by Crippen LogP contribution is 2.39. The van der Waals surface area contributed by atoms with Crippen LogP contribution in [0.1, 0.15) is 22.8 Å². The Morgan fingerprint density at radius 1 is 0.968 bits per heavy atom. The molecule has 4 rings (SSSR count). The molecule has 2 atom stereocenters. The summed E-state index contributed by atoms with van der Waals surface area (Å²) in [6.45, 7) is 0.816. The first-order valence-electron chi connectivity index (χ1n) is 10.5. The van der Waals surface area contributed by atoms with E-state index in [-0.39, 0.29) is 6.04 Å². The highest BCUT2D eigenvalue weighted by molar-refractivity contribution is 6.31. The van der Waals surface area contributed by atoms with Crippen molar-refractivity contribution in [3.63, 3.8) is 0 Å². The average molecular weight is 438 g/mol. The summed E-state index contributed by atoms with van der Waals surface area (Å²) in [5.74, 6) is 1.55. The Hall–Kier alpha value is -2.53. The van der Waals surface area contributed by atoms with E-state index in [2.05, 4.69) is 24.1 Å². The Morgan fingerprint density at radius 3 is 2.35 bits per heavy atom. The van der Waals surface area contributed by atoms with E-state index in [0.717, 1.165) is 51.7 Å². The van der Waals surface area contributed by atoms with Crippen molar-refractivity contribution in [2.24, 2.45) is 0 Å². The number of nitrogens with zero attached hydrogens (tertiary/aromatic N) is 1. The molecule has 0 fully saturated rings. The lowest BCUT2D eigenvalue weighted by atomic mass is 9.88. The topological polar surface area (TPSA) is 41.9 Å². The van der Waals surface area contributed by atoms with Gasteiger partial charge in [0.15, 0.2) is 0 Å². The van der Waals surface area contributed by atoms with Crippen LogP contribution in [0.4, 0.5) is 0 Å². The second kappa shape index (κ2) is 9.31. The monoisotopic (exact) mass is 437 g/mol. The van der Waals surface area contributed by atoms with Gasteiger partial charge in [-0.2, -0.15) is 0 Å². The number of rotatable bonds is 4. The van der Waals surface area contributed by atoms with E-state index >= 15 is 0 Å². The molecule has 1 aliphatic rings. The Bertz CT molecular complexity index is 1070. The van der Waals surface area contributed by atoms with Gasteiger partial charge in [-0.05, 0) is 78.0 Å². The molecule has 0 radical (unpaired) electrons. The quantitative estimate of drug-likeness (QED) is 0.612. The van der Waals surface area contributed by atoms with Crippen molar-refractivity contribution in [1.29, 1.82) is 0 Å². The van der Waals surface area contributed by atoms with Crippen molar-refractivity contribution in [2.45, 2.75) is 25.0 Å². The van der Waals surface area contributed by atoms with Crippen LogP contribution in [0.2, 0.25) is 5.02 Å². The molecule has 31 heavy (non-hydrogen) atoms. The lowest BCUT2D eigenvalue weighted by Gasteiger charge is -2.32. The number of ether oxygens (including phenoxy) is 2. The molecular weight excluding hydrogens is 410 g/mol. The van der Waals surface area contributed by atoms with Gasteiger partial charge in [-0.25, -0.2) is 0 Å². The predicted octanol–water partition coefficient (Wildman–Crippen LogP) is 5.16. The lowest BCUT2D eigenvalue weighted by Crippen LogP contribution is -2.39. The molecule has 0 aromatic heterocycles. The first kappa shape index (κ1) is 21.7. The molecule has 4 nitrogen and oxygen atoms in total. The number of hydrogen-bond donors (Lipinski definition) is 1. The maximum atomic E-state index is 11.6. The van der Waals surface area contributed by atoms with Crippen LogP contribution in [0.3, 0.4) is 0 Å². The highest BCUT2D eigenvalue weighted by atomic mass is 35.5. The van der Waals surface area contributed by atoms with Gasteiger partial charge in [-0.3, -0.25) is 4.90 Å². The van der Waals surface area contributed by atoms with Gasteiger partial charge in [0.2, 0.25) is 0 Å². The van der Waals surface area contributed by atoms with E-state index in [9.17, 15) is 5.11 Å². The number of halogens is 1. The number of benzene rings is 3. The van der Waals surface area contributed by atoms with Crippen LogP contribution < -0.4 is 9.47 Å². The SMILES string of the molecule is COc1ccc2c(c1)-c1cc(OC)ccc1C(O)C(Cc1ccccc1Cl)N(C)CC2. The van der Waals surface area contributed by atoms with Gasteiger partial charge in [0.1, 0.15) is 11.5 Å². The van der Waals surface area contributed by atoms with Gasteiger partial charge >= 0.3 is 0 Å². The molecular formula is C26H28ClNO3. The van der Waals surface area contributed by atoms with Crippen LogP contribution in [0.25, 0.3) is 11.1 Å². The summed E-state index contributed by atoms with van der Waals surface area (Å²) < 4.78 is 11.0. The van der Waals surface area contributed by atoms with E-state index in [1.165, 1.54) is 5.56 Å². The first-order valence-corrected chi connectivity index (χ1v) is 10.9. The summed E-state index contributed by atoms with van der Waals surface area (Å²) in [5.41, 5.74) is 5.17. The molecule has 1 N–H and O–H groups in total. The fraction of sp³-hybridized carbons (Fsp3) is 0.308. The summed E-state index contributed by atoms with van der Waals surface area (Å²) in [4.78, 5) is 2.24. The predicted molar refractivity (Wildman–Crippen MR) is 125 cm³/mol. The van der Waals surface area contributed by atoms with E-state index in [4.69, 9.17) is 21.1 Å². The normalized spacial score (nSPS) is 18.9. The van der Waals surface area contributed by atoms with E-state index in [0.29, 0.717) is 6.42 Å². The molecule has 2 unspecified atom stereocenters. The molecule has 0 spiro atoms. The molecule has 0 aliphatic carbocycles. The van der Waals surface area contributed by atoms with Gasteiger partial charge in [0.05, 0.1) is 20.3 Å². The first-order chi connectivity index (χ1) is 15.0. The summed E-state index contributed by atoms with van der Waals surface area (Å²) in [7, 11) is 5.40. The number of fused-ring (bicyclic) bond motifs is 3. The van der Waals surface area contributed by atoms with Crippen molar-refractivity contribution in [2.75, 3.05) is 27.8 Å². The van der Waals surface area contributed by atoms with Crippen LogP contribution in [-0.4, -0.2) is 43.9 Å². The molecule has 3 aromatic rings. The minimum absolute atomic E-state index is 0.122. The Labute approximate surface area is 189 Å². The number of aliphatic hydroxyl groups excluding tert-OH is 1. The molecule has 0 bridgehead atoms. The van der Waals surface area contributed by atoms with Crippen molar-refractivity contribution in [1.82, 2.24) is 4.90 Å². The maximum absolute atomic E-state index is 11.6. The minimum Gasteiger partial charge on any atom is -0.497 e. The van der Waals surface area contributed by atoms with Crippen LogP contribution in [0.15, 0.2) is 60.7 Å². The van der Waals surface area contributed by atoms with E-state index in [1.807, 2.05) is 48.5 Å². The number of likely N-dealkylation sites (N-methyl/N-ethyl adjacent to an activating group) is 1. The van der Waals surface area contributed by atoms with Crippen LogP contribution in [0, 0.1) is 0 Å². The van der Waals surface area contributed by atoms with E-state index in [1.54, 1.807) is 14.2 Å². The standard InChI is InChI=1S/C26H28ClNO3/c1-28-13-12-17-8-9-19(30-2)15-22(17)23-16-20(31-3)10-11-21(23)26(29)25(28)14-18-6-4-5-7-24(18)27/h4-11,15-16,25-26,29H,12-14H2,1-3H3. The number of hydrogen-bond acceptors (Lipinski definition) is 4. The van der Waals surface area contributed by atoms with Crippen molar-refractivity contribution in [3.05, 3.63) is 82.4 Å². The van der Waals surface area contributed by atoms with Gasteiger partial charge in [0, 0.05) is 17.6 Å². The van der Waals surface area contributed by atoms with Gasteiger partial charge in [0.25, 0.3) is 0 Å². The average Bonchev–Trinajstić information content (AvgIpc) is 2.84. The van der Waals surface area contributed by atoms with Crippen LogP contribution in [0.5, 0.6) is 11.5 Å².